The predicted molar refractivity (Wildman–Crippen MR) is 76.7 cm³/mol. The summed E-state index contributed by atoms with van der Waals surface area (Å²) in [5, 5.41) is 0. The highest BCUT2D eigenvalue weighted by molar-refractivity contribution is 7.89. The van der Waals surface area contributed by atoms with Gasteiger partial charge >= 0.3 is 5.97 Å². The Hall–Kier alpha value is -1.60. The van der Waals surface area contributed by atoms with Crippen LogP contribution in [0.15, 0.2) is 23.1 Å². The smallest absolute Gasteiger partial charge is 0.306 e. The number of carbonyl (C=O) groups is 1. The van der Waals surface area contributed by atoms with Crippen LogP contribution in [0.25, 0.3) is 0 Å². The van der Waals surface area contributed by atoms with Crippen LogP contribution >= 0.6 is 0 Å². The summed E-state index contributed by atoms with van der Waals surface area (Å²) >= 11 is 0. The van der Waals surface area contributed by atoms with Gasteiger partial charge in [0.15, 0.2) is 0 Å². The molecule has 0 aliphatic heterocycles. The van der Waals surface area contributed by atoms with Crippen molar-refractivity contribution in [1.82, 2.24) is 4.31 Å². The maximum absolute atomic E-state index is 12.5. The van der Waals surface area contributed by atoms with E-state index in [0.717, 1.165) is 4.31 Å². The highest BCUT2D eigenvalue weighted by atomic mass is 32.2. The number of nitrogen functional groups attached to an aromatic ring is 1. The molecule has 0 saturated heterocycles. The van der Waals surface area contributed by atoms with Gasteiger partial charge in [-0.2, -0.15) is 0 Å². The van der Waals surface area contributed by atoms with Gasteiger partial charge in [-0.05, 0) is 24.1 Å². The van der Waals surface area contributed by atoms with Gasteiger partial charge in [0.05, 0.1) is 18.4 Å². The zero-order valence-corrected chi connectivity index (χ0v) is 12.7. The maximum Gasteiger partial charge on any atom is 0.306 e. The molecule has 0 aliphatic rings. The van der Waals surface area contributed by atoms with Crippen molar-refractivity contribution in [3.63, 3.8) is 0 Å². The van der Waals surface area contributed by atoms with E-state index in [9.17, 15) is 13.2 Å². The Labute approximate surface area is 119 Å². The average molecular weight is 300 g/mol. The topological polar surface area (TPSA) is 89.7 Å². The third-order valence-corrected chi connectivity index (χ3v) is 4.96. The molecule has 20 heavy (non-hydrogen) atoms. The third-order valence-electron chi connectivity index (χ3n) is 3.02. The van der Waals surface area contributed by atoms with Gasteiger partial charge in [-0.15, -0.1) is 0 Å². The highest BCUT2D eigenvalue weighted by Crippen LogP contribution is 2.22. The number of anilines is 1. The number of nitrogens with zero attached hydrogens (tertiary/aromatic N) is 1. The average Bonchev–Trinajstić information content (AvgIpc) is 2.43. The van der Waals surface area contributed by atoms with Gasteiger partial charge in [0.25, 0.3) is 0 Å². The van der Waals surface area contributed by atoms with Crippen LogP contribution in [-0.2, 0) is 26.0 Å². The van der Waals surface area contributed by atoms with E-state index in [1.54, 1.807) is 12.1 Å². The molecular weight excluding hydrogens is 280 g/mol. The number of hydrogen-bond acceptors (Lipinski definition) is 5. The number of nitrogens with two attached hydrogens (primary N) is 1. The van der Waals surface area contributed by atoms with Crippen LogP contribution in [0.5, 0.6) is 0 Å². The minimum atomic E-state index is -3.66. The number of ether oxygens (including phenoxy) is 1. The number of benzene rings is 1. The van der Waals surface area contributed by atoms with Crippen molar-refractivity contribution in [1.29, 1.82) is 0 Å². The first-order valence-corrected chi connectivity index (χ1v) is 7.68. The fourth-order valence-corrected chi connectivity index (χ4v) is 3.24. The van der Waals surface area contributed by atoms with E-state index in [1.807, 2.05) is 6.92 Å². The van der Waals surface area contributed by atoms with Gasteiger partial charge in [-0.3, -0.25) is 4.79 Å². The molecule has 0 amide bonds. The van der Waals surface area contributed by atoms with Crippen LogP contribution in [0, 0.1) is 0 Å². The number of aryl methyl sites for hydroxylation is 1. The minimum absolute atomic E-state index is 0.00992. The van der Waals surface area contributed by atoms with Gasteiger partial charge in [0.1, 0.15) is 0 Å². The largest absolute Gasteiger partial charge is 0.469 e. The van der Waals surface area contributed by atoms with Crippen molar-refractivity contribution in [2.75, 3.05) is 26.4 Å². The lowest BCUT2D eigenvalue weighted by atomic mass is 10.1. The molecule has 0 aromatic heterocycles. The number of rotatable bonds is 6. The number of carbonyl (C=O) groups excluding carboxylic acids is 1. The second kappa shape index (κ2) is 6.71. The molecule has 0 radical (unpaired) electrons. The van der Waals surface area contributed by atoms with Crippen molar-refractivity contribution < 1.29 is 17.9 Å². The maximum atomic E-state index is 12.5. The molecule has 0 saturated carbocycles. The van der Waals surface area contributed by atoms with Gasteiger partial charge in [-0.25, -0.2) is 12.7 Å². The van der Waals surface area contributed by atoms with Gasteiger partial charge in [0, 0.05) is 19.3 Å². The van der Waals surface area contributed by atoms with E-state index in [4.69, 9.17) is 5.73 Å². The van der Waals surface area contributed by atoms with E-state index < -0.39 is 16.0 Å². The van der Waals surface area contributed by atoms with Crippen LogP contribution in [0.3, 0.4) is 0 Å². The van der Waals surface area contributed by atoms with Crippen molar-refractivity contribution in [2.24, 2.45) is 0 Å². The Balaban J connectivity index is 3.04. The second-order valence-electron chi connectivity index (χ2n) is 4.37. The summed E-state index contributed by atoms with van der Waals surface area (Å²) in [6.07, 6.45) is 0.593. The standard InChI is InChI=1S/C13H20N2O4S/c1-4-10-5-6-11(14)9-12(10)20(17,18)15(2)8-7-13(16)19-3/h5-6,9H,4,7-8,14H2,1-3H3. The zero-order valence-electron chi connectivity index (χ0n) is 11.9. The van der Waals surface area contributed by atoms with Crippen molar-refractivity contribution in [2.45, 2.75) is 24.7 Å². The Bertz CT molecular complexity index is 584. The SMILES string of the molecule is CCc1ccc(N)cc1S(=O)(=O)N(C)CCC(=O)OC. The molecule has 7 heteroatoms. The Morgan fingerprint density at radius 2 is 2.05 bits per heavy atom. The summed E-state index contributed by atoms with van der Waals surface area (Å²) in [6, 6.07) is 4.82. The normalized spacial score (nSPS) is 11.6. The van der Waals surface area contributed by atoms with Gasteiger partial charge in [-0.1, -0.05) is 13.0 Å². The van der Waals surface area contributed by atoms with Gasteiger partial charge in [0.2, 0.25) is 10.0 Å². The minimum Gasteiger partial charge on any atom is -0.469 e. The molecule has 0 spiro atoms. The lowest BCUT2D eigenvalue weighted by molar-refractivity contribution is -0.140. The van der Waals surface area contributed by atoms with Crippen LogP contribution < -0.4 is 5.73 Å². The molecule has 0 unspecified atom stereocenters. The van der Waals surface area contributed by atoms with Crippen LogP contribution in [0.4, 0.5) is 5.69 Å². The summed E-state index contributed by atoms with van der Waals surface area (Å²) in [6.45, 7) is 1.94. The fraction of sp³-hybridized carbons (Fsp3) is 0.462. The summed E-state index contributed by atoms with van der Waals surface area (Å²) in [5.41, 5.74) is 6.75. The Morgan fingerprint density at radius 1 is 1.40 bits per heavy atom. The molecule has 112 valence electrons. The molecular formula is C13H20N2O4S. The monoisotopic (exact) mass is 300 g/mol. The van der Waals surface area contributed by atoms with E-state index >= 15 is 0 Å². The third kappa shape index (κ3) is 3.71. The zero-order chi connectivity index (χ0) is 15.3. The van der Waals surface area contributed by atoms with Crippen LogP contribution in [0.1, 0.15) is 18.9 Å². The highest BCUT2D eigenvalue weighted by Gasteiger charge is 2.24. The summed E-state index contributed by atoms with van der Waals surface area (Å²) < 4.78 is 30.6. The predicted octanol–water partition coefficient (Wildman–Crippen LogP) is 1.01. The Morgan fingerprint density at radius 3 is 2.60 bits per heavy atom. The fourth-order valence-electron chi connectivity index (χ4n) is 1.74. The summed E-state index contributed by atoms with van der Waals surface area (Å²) in [5.74, 6) is -0.449. The van der Waals surface area contributed by atoms with Crippen LogP contribution in [0.2, 0.25) is 0 Å². The van der Waals surface area contributed by atoms with Crippen LogP contribution in [-0.4, -0.2) is 39.4 Å². The molecule has 2 N–H and O–H groups in total. The first-order valence-electron chi connectivity index (χ1n) is 6.24. The first-order chi connectivity index (χ1) is 9.32. The Kier molecular flexibility index (Phi) is 5.52. The lowest BCUT2D eigenvalue weighted by Gasteiger charge is -2.19. The van der Waals surface area contributed by atoms with Crippen molar-refractivity contribution in [3.05, 3.63) is 23.8 Å². The number of esters is 1. The quantitative estimate of drug-likeness (QED) is 0.625. The summed E-state index contributed by atoms with van der Waals surface area (Å²) in [7, 11) is -0.963. The second-order valence-corrected chi connectivity index (χ2v) is 6.39. The molecule has 6 nitrogen and oxygen atoms in total. The molecule has 0 atom stereocenters. The van der Waals surface area contributed by atoms with E-state index in [0.29, 0.717) is 17.7 Å². The van der Waals surface area contributed by atoms with E-state index in [2.05, 4.69) is 4.74 Å². The summed E-state index contributed by atoms with van der Waals surface area (Å²) in [4.78, 5) is 11.3. The lowest BCUT2D eigenvalue weighted by Crippen LogP contribution is -2.30. The van der Waals surface area contributed by atoms with E-state index in [-0.39, 0.29) is 17.9 Å². The molecule has 0 aliphatic carbocycles. The number of methoxy groups -OCH3 is 1. The first kappa shape index (κ1) is 16.5. The molecule has 1 rings (SSSR count). The molecule has 0 fully saturated rings. The number of hydrogen-bond donors (Lipinski definition) is 1. The molecule has 0 bridgehead atoms. The molecule has 1 aromatic carbocycles. The van der Waals surface area contributed by atoms with E-state index in [1.165, 1.54) is 20.2 Å². The number of sulfonamides is 1. The molecule has 0 heterocycles. The van der Waals surface area contributed by atoms with Gasteiger partial charge < -0.3 is 10.5 Å². The van der Waals surface area contributed by atoms with Crippen molar-refractivity contribution in [3.8, 4) is 0 Å². The molecule has 1 aromatic rings. The van der Waals surface area contributed by atoms with Crippen molar-refractivity contribution >= 4 is 21.7 Å².